The number of ketones is 1. The topological polar surface area (TPSA) is 87.5 Å². The maximum Gasteiger partial charge on any atom is 0.365 e. The first-order valence-corrected chi connectivity index (χ1v) is 18.9. The maximum absolute atomic E-state index is 15.6. The molecule has 6 aromatic rings. The minimum Gasteiger partial charge on any atom is -0.462 e. The molecule has 0 saturated heterocycles. The van der Waals surface area contributed by atoms with Crippen molar-refractivity contribution in [3.8, 4) is 0 Å². The number of Topliss-reactive ketones (excluding diaryl/α,β-unsaturated/α-hetero) is 1. The standard InChI is InChI=1S/C46H42N8O3/c1-3-57-45(56)46(36(2)55,53-43(37-22-10-4-11-23-37)47-49(39-26-14-6-15-27-39)34-51(53)41-30-18-8-19-31-41)54-44(38-24-12-5-13-25-38)48-50(40-28-16-7-17-29-40)35-52(54)42-32-20-9-21-33-42/h4-33H,3,34-35H2,1-2H3. The summed E-state index contributed by atoms with van der Waals surface area (Å²) < 4.78 is 6.10. The number of hydrazine groups is 2. The summed E-state index contributed by atoms with van der Waals surface area (Å²) in [5.74, 6) is -0.642. The van der Waals surface area contributed by atoms with Crippen LogP contribution in [0.5, 0.6) is 0 Å². The summed E-state index contributed by atoms with van der Waals surface area (Å²) in [5.41, 5.74) is 2.13. The highest BCUT2D eigenvalue weighted by atomic mass is 16.5. The van der Waals surface area contributed by atoms with Gasteiger partial charge >= 0.3 is 11.6 Å². The zero-order valence-corrected chi connectivity index (χ0v) is 31.7. The number of esters is 1. The van der Waals surface area contributed by atoms with Crippen molar-refractivity contribution in [2.45, 2.75) is 19.5 Å². The number of benzene rings is 6. The first-order valence-electron chi connectivity index (χ1n) is 18.9. The Morgan fingerprint density at radius 2 is 0.825 bits per heavy atom. The maximum atomic E-state index is 15.6. The average Bonchev–Trinajstić information content (AvgIpc) is 3.28. The fourth-order valence-electron chi connectivity index (χ4n) is 7.19. The van der Waals surface area contributed by atoms with Gasteiger partial charge in [-0.1, -0.05) is 133 Å². The van der Waals surface area contributed by atoms with E-state index in [4.69, 9.17) is 14.9 Å². The number of rotatable bonds is 11. The van der Waals surface area contributed by atoms with E-state index in [1.165, 1.54) is 6.92 Å². The summed E-state index contributed by atoms with van der Waals surface area (Å²) in [7, 11) is 0. The molecule has 11 nitrogen and oxygen atoms in total. The lowest BCUT2D eigenvalue weighted by atomic mass is 9.99. The van der Waals surface area contributed by atoms with Gasteiger partial charge in [-0.3, -0.25) is 14.8 Å². The highest BCUT2D eigenvalue weighted by Gasteiger charge is 2.64. The van der Waals surface area contributed by atoms with Crippen molar-refractivity contribution in [1.29, 1.82) is 0 Å². The second kappa shape index (κ2) is 16.1. The van der Waals surface area contributed by atoms with Gasteiger partial charge in [0.2, 0.25) is 0 Å². The number of anilines is 4. The van der Waals surface area contributed by atoms with E-state index in [0.29, 0.717) is 34.2 Å². The molecule has 0 radical (unpaired) electrons. The van der Waals surface area contributed by atoms with Crippen LogP contribution in [0.25, 0.3) is 0 Å². The zero-order chi connectivity index (χ0) is 39.2. The van der Waals surface area contributed by atoms with Gasteiger partial charge in [-0.2, -0.15) is 10.2 Å². The van der Waals surface area contributed by atoms with Crippen LogP contribution in [0.1, 0.15) is 25.0 Å². The number of hydrazone groups is 2. The molecule has 0 N–H and O–H groups in total. The van der Waals surface area contributed by atoms with Crippen LogP contribution in [0.4, 0.5) is 22.7 Å². The average molecular weight is 755 g/mol. The Morgan fingerprint density at radius 3 is 1.14 bits per heavy atom. The van der Waals surface area contributed by atoms with Crippen LogP contribution in [0.15, 0.2) is 192 Å². The number of nitrogens with zero attached hydrogens (tertiary/aromatic N) is 8. The van der Waals surface area contributed by atoms with Crippen LogP contribution >= 0.6 is 0 Å². The zero-order valence-electron chi connectivity index (χ0n) is 31.7. The van der Waals surface area contributed by atoms with Crippen LogP contribution in [0, 0.1) is 0 Å². The molecule has 0 spiro atoms. The van der Waals surface area contributed by atoms with Gasteiger partial charge in [-0.05, 0) is 62.4 Å². The van der Waals surface area contributed by atoms with Gasteiger partial charge in [0.25, 0.3) is 0 Å². The smallest absolute Gasteiger partial charge is 0.365 e. The Labute approximate surface area is 332 Å². The molecule has 2 aliphatic heterocycles. The molecule has 0 atom stereocenters. The molecule has 8 rings (SSSR count). The number of hydrogen-bond acceptors (Lipinski definition) is 11. The molecule has 57 heavy (non-hydrogen) atoms. The number of carbonyl (C=O) groups excluding carboxylic acids is 2. The van der Waals surface area contributed by atoms with Crippen molar-refractivity contribution >= 4 is 46.2 Å². The molecule has 0 bridgehead atoms. The fourth-order valence-corrected chi connectivity index (χ4v) is 7.19. The lowest BCUT2D eigenvalue weighted by Crippen LogP contribution is -2.81. The largest absolute Gasteiger partial charge is 0.462 e. The fraction of sp³-hybridized carbons (Fsp3) is 0.130. The Hall–Kier alpha value is -7.40. The van der Waals surface area contributed by atoms with Crippen molar-refractivity contribution in [2.24, 2.45) is 10.2 Å². The predicted molar refractivity (Wildman–Crippen MR) is 225 cm³/mol. The third-order valence-corrected chi connectivity index (χ3v) is 9.80. The van der Waals surface area contributed by atoms with E-state index < -0.39 is 17.4 Å². The van der Waals surface area contributed by atoms with Crippen molar-refractivity contribution in [3.05, 3.63) is 193 Å². The molecule has 0 aliphatic carbocycles. The molecule has 0 amide bonds. The third-order valence-electron chi connectivity index (χ3n) is 9.80. The van der Waals surface area contributed by atoms with Gasteiger partial charge < -0.3 is 4.74 Å². The monoisotopic (exact) mass is 754 g/mol. The molecule has 0 aromatic heterocycles. The molecule has 284 valence electrons. The van der Waals surface area contributed by atoms with E-state index in [2.05, 4.69) is 0 Å². The number of hydrogen-bond donors (Lipinski definition) is 0. The van der Waals surface area contributed by atoms with Crippen LogP contribution in [-0.4, -0.2) is 59.0 Å². The molecule has 0 unspecified atom stereocenters. The van der Waals surface area contributed by atoms with E-state index >= 15 is 9.59 Å². The minimum absolute atomic E-state index is 0.00806. The molecule has 6 aromatic carbocycles. The Balaban J connectivity index is 1.49. The Morgan fingerprint density at radius 1 is 0.509 bits per heavy atom. The normalized spacial score (nSPS) is 14.6. The van der Waals surface area contributed by atoms with Crippen LogP contribution < -0.4 is 20.0 Å². The molecule has 0 fully saturated rings. The van der Waals surface area contributed by atoms with Gasteiger partial charge in [0.1, 0.15) is 13.3 Å². The number of carbonyl (C=O) groups is 2. The highest BCUT2D eigenvalue weighted by molar-refractivity contribution is 6.17. The predicted octanol–water partition coefficient (Wildman–Crippen LogP) is 7.96. The highest BCUT2D eigenvalue weighted by Crippen LogP contribution is 2.40. The Kier molecular flexibility index (Phi) is 10.4. The summed E-state index contributed by atoms with van der Waals surface area (Å²) in [4.78, 5) is 31.0. The van der Waals surface area contributed by atoms with Crippen molar-refractivity contribution in [3.63, 3.8) is 0 Å². The van der Waals surface area contributed by atoms with Crippen molar-refractivity contribution in [2.75, 3.05) is 40.0 Å². The Bertz CT molecular complexity index is 2200. The molecule has 2 aliphatic rings. The first kappa shape index (κ1) is 36.6. The number of amidine groups is 2. The number of para-hydroxylation sites is 4. The van der Waals surface area contributed by atoms with E-state index in [1.807, 2.05) is 202 Å². The lowest BCUT2D eigenvalue weighted by Gasteiger charge is -2.58. The second-order valence-corrected chi connectivity index (χ2v) is 13.4. The lowest BCUT2D eigenvalue weighted by molar-refractivity contribution is -0.171. The van der Waals surface area contributed by atoms with E-state index in [-0.39, 0.29) is 19.9 Å². The molecular weight excluding hydrogens is 713 g/mol. The van der Waals surface area contributed by atoms with Gasteiger partial charge in [-0.15, -0.1) is 0 Å². The van der Waals surface area contributed by atoms with Gasteiger partial charge in [-0.25, -0.2) is 24.8 Å². The molecule has 0 saturated carbocycles. The van der Waals surface area contributed by atoms with Crippen LogP contribution in [0.3, 0.4) is 0 Å². The van der Waals surface area contributed by atoms with Crippen LogP contribution in [0.2, 0.25) is 0 Å². The third kappa shape index (κ3) is 6.91. The SMILES string of the molecule is CCOC(=O)C(C(C)=O)(N1C(c2ccccc2)=NN(c2ccccc2)CN1c1ccccc1)N1C(c2ccccc2)=NN(c2ccccc2)CN1c1ccccc1. The first-order chi connectivity index (χ1) is 28.0. The summed E-state index contributed by atoms with van der Waals surface area (Å²) in [5, 5.41) is 21.6. The quantitative estimate of drug-likeness (QED) is 0.0966. The summed E-state index contributed by atoms with van der Waals surface area (Å²) in [6.45, 7) is 3.44. The minimum atomic E-state index is -2.28. The van der Waals surface area contributed by atoms with Gasteiger partial charge in [0, 0.05) is 11.1 Å². The molecular formula is C46H42N8O3. The van der Waals surface area contributed by atoms with Gasteiger partial charge in [0.05, 0.1) is 29.4 Å². The molecule has 2 heterocycles. The van der Waals surface area contributed by atoms with Crippen molar-refractivity contribution in [1.82, 2.24) is 10.0 Å². The van der Waals surface area contributed by atoms with E-state index in [1.54, 1.807) is 16.9 Å². The number of ether oxygens (including phenoxy) is 1. The summed E-state index contributed by atoms with van der Waals surface area (Å²) >= 11 is 0. The van der Waals surface area contributed by atoms with E-state index in [0.717, 1.165) is 11.4 Å². The summed E-state index contributed by atoms with van der Waals surface area (Å²) in [6.07, 6.45) is 0. The van der Waals surface area contributed by atoms with Gasteiger partial charge in [0.15, 0.2) is 17.5 Å². The van der Waals surface area contributed by atoms with Crippen molar-refractivity contribution < 1.29 is 14.3 Å². The van der Waals surface area contributed by atoms with E-state index in [9.17, 15) is 0 Å². The molecule has 11 heteroatoms. The summed E-state index contributed by atoms with van der Waals surface area (Å²) in [6, 6.07) is 58.2. The second-order valence-electron chi connectivity index (χ2n) is 13.4. The van der Waals surface area contributed by atoms with Crippen LogP contribution in [-0.2, 0) is 14.3 Å².